The van der Waals surface area contributed by atoms with Gasteiger partial charge in [0.25, 0.3) is 0 Å². The molecule has 5 heteroatoms. The van der Waals surface area contributed by atoms with Crippen molar-refractivity contribution in [2.75, 3.05) is 7.11 Å². The van der Waals surface area contributed by atoms with Gasteiger partial charge in [-0.05, 0) is 49.7 Å². The Morgan fingerprint density at radius 3 is 2.40 bits per heavy atom. The highest BCUT2D eigenvalue weighted by Gasteiger charge is 2.17. The minimum absolute atomic E-state index is 0.0697. The standard InChI is InChI=1S/C25H21ClO4/c1-15-22(29-14-18-6-4-5-7-21(18)26)13-12-20-24(27)23(16(2)30-25(15)20)17-8-10-19(28-3)11-9-17/h4-13H,14H2,1-3H3. The summed E-state index contributed by atoms with van der Waals surface area (Å²) < 4.78 is 17.3. The molecule has 0 aliphatic heterocycles. The van der Waals surface area contributed by atoms with Crippen LogP contribution < -0.4 is 14.9 Å². The van der Waals surface area contributed by atoms with Crippen molar-refractivity contribution in [2.45, 2.75) is 20.5 Å². The fourth-order valence-electron chi connectivity index (χ4n) is 3.50. The third-order valence-corrected chi connectivity index (χ3v) is 5.52. The van der Waals surface area contributed by atoms with Gasteiger partial charge in [-0.25, -0.2) is 0 Å². The fraction of sp³-hybridized carbons (Fsp3) is 0.160. The van der Waals surface area contributed by atoms with Gasteiger partial charge >= 0.3 is 0 Å². The molecule has 0 N–H and O–H groups in total. The van der Waals surface area contributed by atoms with Crippen LogP contribution in [0.25, 0.3) is 22.1 Å². The first kappa shape index (κ1) is 20.0. The molecule has 0 radical (unpaired) electrons. The summed E-state index contributed by atoms with van der Waals surface area (Å²) in [5.74, 6) is 1.95. The summed E-state index contributed by atoms with van der Waals surface area (Å²) in [6.07, 6.45) is 0. The molecular weight excluding hydrogens is 400 g/mol. The van der Waals surface area contributed by atoms with Crippen LogP contribution in [0, 0.1) is 13.8 Å². The van der Waals surface area contributed by atoms with Crippen LogP contribution in [0.5, 0.6) is 11.5 Å². The van der Waals surface area contributed by atoms with Crippen molar-refractivity contribution in [1.82, 2.24) is 0 Å². The van der Waals surface area contributed by atoms with E-state index in [1.807, 2.05) is 55.5 Å². The molecule has 0 aliphatic carbocycles. The van der Waals surface area contributed by atoms with Gasteiger partial charge in [0, 0.05) is 16.1 Å². The second kappa shape index (κ2) is 8.25. The van der Waals surface area contributed by atoms with Crippen LogP contribution in [0.2, 0.25) is 5.02 Å². The molecule has 1 aromatic heterocycles. The minimum atomic E-state index is -0.0697. The molecule has 1 heterocycles. The smallest absolute Gasteiger partial charge is 0.200 e. The molecule has 0 unspecified atom stereocenters. The molecule has 0 saturated heterocycles. The molecule has 0 saturated carbocycles. The largest absolute Gasteiger partial charge is 0.497 e. The highest BCUT2D eigenvalue weighted by molar-refractivity contribution is 6.31. The summed E-state index contributed by atoms with van der Waals surface area (Å²) in [7, 11) is 1.61. The van der Waals surface area contributed by atoms with Gasteiger partial charge in [-0.1, -0.05) is 41.9 Å². The SMILES string of the molecule is COc1ccc(-c2c(C)oc3c(C)c(OCc4ccccc4Cl)ccc3c2=O)cc1. The number of hydrogen-bond acceptors (Lipinski definition) is 4. The highest BCUT2D eigenvalue weighted by Crippen LogP contribution is 2.31. The van der Waals surface area contributed by atoms with Crippen LogP contribution in [-0.4, -0.2) is 7.11 Å². The van der Waals surface area contributed by atoms with Crippen LogP contribution in [0.1, 0.15) is 16.9 Å². The Bertz CT molecular complexity index is 1270. The summed E-state index contributed by atoms with van der Waals surface area (Å²) in [5.41, 5.74) is 3.48. The molecule has 0 bridgehead atoms. The lowest BCUT2D eigenvalue weighted by molar-refractivity contribution is 0.304. The van der Waals surface area contributed by atoms with E-state index < -0.39 is 0 Å². The zero-order valence-electron chi connectivity index (χ0n) is 17.0. The molecule has 4 rings (SSSR count). The van der Waals surface area contributed by atoms with Crippen molar-refractivity contribution in [1.29, 1.82) is 0 Å². The van der Waals surface area contributed by atoms with Crippen molar-refractivity contribution >= 4 is 22.6 Å². The maximum atomic E-state index is 13.2. The molecule has 4 nitrogen and oxygen atoms in total. The van der Waals surface area contributed by atoms with E-state index in [-0.39, 0.29) is 5.43 Å². The maximum Gasteiger partial charge on any atom is 0.200 e. The average Bonchev–Trinajstić information content (AvgIpc) is 2.75. The number of aryl methyl sites for hydroxylation is 2. The normalized spacial score (nSPS) is 10.9. The lowest BCUT2D eigenvalue weighted by Crippen LogP contribution is -2.08. The zero-order chi connectivity index (χ0) is 21.3. The summed E-state index contributed by atoms with van der Waals surface area (Å²) in [4.78, 5) is 13.2. The number of ether oxygens (including phenoxy) is 2. The van der Waals surface area contributed by atoms with Gasteiger partial charge in [0.2, 0.25) is 5.43 Å². The van der Waals surface area contributed by atoms with E-state index in [1.165, 1.54) is 0 Å². The van der Waals surface area contributed by atoms with Crippen molar-refractivity contribution in [2.24, 2.45) is 0 Å². The number of fused-ring (bicyclic) bond motifs is 1. The van der Waals surface area contributed by atoms with Gasteiger partial charge in [0.05, 0.1) is 18.1 Å². The van der Waals surface area contributed by atoms with Crippen LogP contribution in [-0.2, 0) is 6.61 Å². The highest BCUT2D eigenvalue weighted by atomic mass is 35.5. The molecule has 0 aliphatic rings. The fourth-order valence-corrected chi connectivity index (χ4v) is 3.69. The molecule has 3 aromatic carbocycles. The number of rotatable bonds is 5. The van der Waals surface area contributed by atoms with E-state index in [1.54, 1.807) is 26.2 Å². The molecular formula is C25H21ClO4. The number of benzene rings is 3. The van der Waals surface area contributed by atoms with E-state index >= 15 is 0 Å². The molecule has 0 amide bonds. The Hall–Kier alpha value is -3.24. The van der Waals surface area contributed by atoms with Gasteiger partial charge in [-0.15, -0.1) is 0 Å². The Morgan fingerprint density at radius 1 is 0.967 bits per heavy atom. The van der Waals surface area contributed by atoms with Crippen molar-refractivity contribution < 1.29 is 13.9 Å². The van der Waals surface area contributed by atoms with E-state index in [0.717, 1.165) is 22.4 Å². The Kier molecular flexibility index (Phi) is 5.51. The van der Waals surface area contributed by atoms with Crippen molar-refractivity contribution in [3.05, 3.63) is 92.8 Å². The summed E-state index contributed by atoms with van der Waals surface area (Å²) in [5, 5.41) is 1.18. The third kappa shape index (κ3) is 3.66. The van der Waals surface area contributed by atoms with E-state index in [0.29, 0.717) is 39.7 Å². The van der Waals surface area contributed by atoms with Crippen LogP contribution in [0.4, 0.5) is 0 Å². The topological polar surface area (TPSA) is 48.7 Å². The molecule has 30 heavy (non-hydrogen) atoms. The second-order valence-electron chi connectivity index (χ2n) is 7.04. The van der Waals surface area contributed by atoms with Crippen LogP contribution in [0.15, 0.2) is 69.9 Å². The van der Waals surface area contributed by atoms with Crippen molar-refractivity contribution in [3.63, 3.8) is 0 Å². The van der Waals surface area contributed by atoms with E-state index in [2.05, 4.69) is 0 Å². The molecule has 0 atom stereocenters. The Labute approximate surface area is 179 Å². The number of methoxy groups -OCH3 is 1. The zero-order valence-corrected chi connectivity index (χ0v) is 17.7. The van der Waals surface area contributed by atoms with Gasteiger partial charge in [0.1, 0.15) is 29.4 Å². The second-order valence-corrected chi connectivity index (χ2v) is 7.44. The van der Waals surface area contributed by atoms with Crippen LogP contribution in [0.3, 0.4) is 0 Å². The Balaban J connectivity index is 1.74. The first-order valence-electron chi connectivity index (χ1n) is 9.57. The molecule has 0 spiro atoms. The first-order chi connectivity index (χ1) is 14.5. The lowest BCUT2D eigenvalue weighted by Gasteiger charge is -2.13. The number of halogens is 1. The molecule has 0 fully saturated rings. The minimum Gasteiger partial charge on any atom is -0.497 e. The number of hydrogen-bond donors (Lipinski definition) is 0. The van der Waals surface area contributed by atoms with Gasteiger partial charge < -0.3 is 13.9 Å². The predicted octanol–water partition coefficient (Wildman–Crippen LogP) is 6.32. The monoisotopic (exact) mass is 420 g/mol. The van der Waals surface area contributed by atoms with Gasteiger partial charge in [0.15, 0.2) is 0 Å². The summed E-state index contributed by atoms with van der Waals surface area (Å²) in [6, 6.07) is 18.5. The maximum absolute atomic E-state index is 13.2. The quantitative estimate of drug-likeness (QED) is 0.379. The van der Waals surface area contributed by atoms with E-state index in [4.69, 9.17) is 25.5 Å². The molecule has 4 aromatic rings. The Morgan fingerprint density at radius 2 is 1.70 bits per heavy atom. The predicted molar refractivity (Wildman–Crippen MR) is 120 cm³/mol. The third-order valence-electron chi connectivity index (χ3n) is 5.15. The van der Waals surface area contributed by atoms with Gasteiger partial charge in [-0.2, -0.15) is 0 Å². The first-order valence-corrected chi connectivity index (χ1v) is 9.95. The average molecular weight is 421 g/mol. The van der Waals surface area contributed by atoms with Crippen molar-refractivity contribution in [3.8, 4) is 22.6 Å². The molecule has 152 valence electrons. The van der Waals surface area contributed by atoms with E-state index in [9.17, 15) is 4.79 Å². The summed E-state index contributed by atoms with van der Waals surface area (Å²) in [6.45, 7) is 4.02. The lowest BCUT2D eigenvalue weighted by atomic mass is 10.0. The van der Waals surface area contributed by atoms with Gasteiger partial charge in [-0.3, -0.25) is 4.79 Å². The van der Waals surface area contributed by atoms with Crippen LogP contribution >= 0.6 is 11.6 Å². The summed E-state index contributed by atoms with van der Waals surface area (Å²) >= 11 is 6.21.